The first kappa shape index (κ1) is 15.2. The van der Waals surface area contributed by atoms with Crippen LogP contribution in [-0.2, 0) is 11.3 Å². The summed E-state index contributed by atoms with van der Waals surface area (Å²) in [4.78, 5) is 21.9. The Kier molecular flexibility index (Phi) is 5.47. The molecule has 1 fully saturated rings. The van der Waals surface area contributed by atoms with Crippen LogP contribution in [0.15, 0.2) is 23.3 Å². The number of pyridine rings is 1. The van der Waals surface area contributed by atoms with E-state index in [1.807, 2.05) is 18.3 Å². The Morgan fingerprint density at radius 1 is 1.67 bits per heavy atom. The maximum atomic E-state index is 11.7. The van der Waals surface area contributed by atoms with Crippen LogP contribution >= 0.6 is 0 Å². The van der Waals surface area contributed by atoms with Crippen molar-refractivity contribution in [3.8, 4) is 12.3 Å². The highest BCUT2D eigenvalue weighted by Gasteiger charge is 2.18. The summed E-state index contributed by atoms with van der Waals surface area (Å²) >= 11 is 0. The Hall–Kier alpha value is -2.19. The van der Waals surface area contributed by atoms with Gasteiger partial charge in [0.1, 0.15) is 0 Å². The number of nitrogens with zero attached hydrogens (tertiary/aromatic N) is 3. The molecule has 0 aromatic carbocycles. The monoisotopic (exact) mass is 284 g/mol. The van der Waals surface area contributed by atoms with E-state index in [-0.39, 0.29) is 12.5 Å². The third-order valence-corrected chi connectivity index (χ3v) is 3.16. The van der Waals surface area contributed by atoms with Gasteiger partial charge in [-0.2, -0.15) is 0 Å². The fourth-order valence-corrected chi connectivity index (χ4v) is 1.75. The summed E-state index contributed by atoms with van der Waals surface area (Å²) in [5.41, 5.74) is 1.94. The van der Waals surface area contributed by atoms with Gasteiger partial charge in [-0.05, 0) is 30.5 Å². The van der Waals surface area contributed by atoms with Crippen molar-refractivity contribution < 1.29 is 4.79 Å². The summed E-state index contributed by atoms with van der Waals surface area (Å²) in [6.07, 6.45) is 11.2. The van der Waals surface area contributed by atoms with E-state index in [2.05, 4.69) is 21.2 Å². The van der Waals surface area contributed by atoms with Crippen molar-refractivity contribution in [2.45, 2.75) is 25.4 Å². The quantitative estimate of drug-likeness (QED) is 0.596. The number of hydrogen-bond acceptors (Lipinski definition) is 4. The molecule has 1 aromatic rings. The van der Waals surface area contributed by atoms with Gasteiger partial charge < -0.3 is 10.2 Å². The van der Waals surface area contributed by atoms with Gasteiger partial charge in [0.25, 0.3) is 0 Å². The highest BCUT2D eigenvalue weighted by molar-refractivity contribution is 5.80. The molecule has 1 heterocycles. The minimum atomic E-state index is -0.0283. The minimum Gasteiger partial charge on any atom is -0.334 e. The molecule has 0 unspecified atom stereocenters. The Balaban J connectivity index is 1.79. The molecule has 1 amide bonds. The molecule has 1 aromatic heterocycles. The van der Waals surface area contributed by atoms with Gasteiger partial charge in [0.2, 0.25) is 5.91 Å². The van der Waals surface area contributed by atoms with Gasteiger partial charge in [-0.1, -0.05) is 5.92 Å². The van der Waals surface area contributed by atoms with E-state index in [0.29, 0.717) is 19.1 Å². The van der Waals surface area contributed by atoms with Gasteiger partial charge in [0.05, 0.1) is 24.8 Å². The summed E-state index contributed by atoms with van der Waals surface area (Å²) in [6.45, 7) is 1.12. The molecule has 1 aliphatic rings. The first-order chi connectivity index (χ1) is 10.2. The zero-order valence-corrected chi connectivity index (χ0v) is 12.2. The molecular formula is C16H20N4O. The molecule has 21 heavy (non-hydrogen) atoms. The molecule has 110 valence electrons. The molecule has 0 aliphatic heterocycles. The predicted molar refractivity (Wildman–Crippen MR) is 83.0 cm³/mol. The molecule has 0 atom stereocenters. The molecule has 0 bridgehead atoms. The van der Waals surface area contributed by atoms with Crippen LogP contribution in [0.4, 0.5) is 0 Å². The zero-order chi connectivity index (χ0) is 15.1. The first-order valence-electron chi connectivity index (χ1n) is 7.05. The van der Waals surface area contributed by atoms with Crippen molar-refractivity contribution in [2.24, 2.45) is 4.99 Å². The standard InChI is InChI=1S/C16H20N4O/c1-3-8-20(2)16(21)12-17-11-15-9-13(6-7-18-15)10-19-14-4-5-14/h1,6-7,9-10,14,17H,4-5,8,11-12H2,2H3/b19-10+. The lowest BCUT2D eigenvalue weighted by atomic mass is 10.2. The molecule has 0 saturated heterocycles. The number of carbonyl (C=O) groups excluding carboxylic acids is 1. The van der Waals surface area contributed by atoms with Crippen LogP contribution in [0.25, 0.3) is 0 Å². The highest BCUT2D eigenvalue weighted by Crippen LogP contribution is 2.23. The van der Waals surface area contributed by atoms with Crippen LogP contribution in [0.5, 0.6) is 0 Å². The second-order valence-electron chi connectivity index (χ2n) is 5.15. The first-order valence-corrected chi connectivity index (χ1v) is 7.05. The second-order valence-corrected chi connectivity index (χ2v) is 5.15. The van der Waals surface area contributed by atoms with E-state index in [4.69, 9.17) is 6.42 Å². The summed E-state index contributed by atoms with van der Waals surface area (Å²) in [5.74, 6) is 2.41. The normalized spacial score (nSPS) is 14.1. The Morgan fingerprint density at radius 2 is 2.48 bits per heavy atom. The average molecular weight is 284 g/mol. The minimum absolute atomic E-state index is 0.0283. The predicted octanol–water partition coefficient (Wildman–Crippen LogP) is 0.844. The highest BCUT2D eigenvalue weighted by atomic mass is 16.2. The van der Waals surface area contributed by atoms with E-state index >= 15 is 0 Å². The van der Waals surface area contributed by atoms with Gasteiger partial charge in [0.15, 0.2) is 0 Å². The molecule has 1 aliphatic carbocycles. The SMILES string of the molecule is C#CCN(C)C(=O)CNCc1cc(/C=N/C2CC2)ccn1. The Morgan fingerprint density at radius 3 is 3.19 bits per heavy atom. The number of terminal acetylenes is 1. The molecule has 1 saturated carbocycles. The van der Waals surface area contributed by atoms with Crippen LogP contribution in [0.2, 0.25) is 0 Å². The van der Waals surface area contributed by atoms with Crippen molar-refractivity contribution in [1.82, 2.24) is 15.2 Å². The van der Waals surface area contributed by atoms with E-state index in [1.165, 1.54) is 17.7 Å². The maximum Gasteiger partial charge on any atom is 0.237 e. The number of carbonyl (C=O) groups is 1. The molecule has 1 N–H and O–H groups in total. The number of amides is 1. The molecule has 5 heteroatoms. The molecule has 0 radical (unpaired) electrons. The van der Waals surface area contributed by atoms with Crippen molar-refractivity contribution >= 4 is 12.1 Å². The lowest BCUT2D eigenvalue weighted by molar-refractivity contribution is -0.128. The zero-order valence-electron chi connectivity index (χ0n) is 12.2. The molecule has 0 spiro atoms. The van der Waals surface area contributed by atoms with Crippen molar-refractivity contribution in [2.75, 3.05) is 20.1 Å². The van der Waals surface area contributed by atoms with E-state index < -0.39 is 0 Å². The van der Waals surface area contributed by atoms with Crippen LogP contribution in [-0.4, -0.2) is 48.2 Å². The number of likely N-dealkylation sites (N-methyl/N-ethyl adjacent to an activating group) is 1. The van der Waals surface area contributed by atoms with Crippen LogP contribution in [0.3, 0.4) is 0 Å². The van der Waals surface area contributed by atoms with Gasteiger partial charge in [0, 0.05) is 26.0 Å². The maximum absolute atomic E-state index is 11.7. The van der Waals surface area contributed by atoms with E-state index in [1.54, 1.807) is 13.2 Å². The number of aromatic nitrogens is 1. The fraction of sp³-hybridized carbons (Fsp3) is 0.438. The molecular weight excluding hydrogens is 264 g/mol. The van der Waals surface area contributed by atoms with Crippen molar-refractivity contribution in [3.05, 3.63) is 29.6 Å². The lowest BCUT2D eigenvalue weighted by Crippen LogP contribution is -2.35. The summed E-state index contributed by atoms with van der Waals surface area (Å²) < 4.78 is 0. The van der Waals surface area contributed by atoms with Crippen LogP contribution in [0, 0.1) is 12.3 Å². The molecule has 2 rings (SSSR count). The van der Waals surface area contributed by atoms with E-state index in [0.717, 1.165) is 11.3 Å². The lowest BCUT2D eigenvalue weighted by Gasteiger charge is -2.14. The number of hydrogen-bond donors (Lipinski definition) is 1. The third-order valence-electron chi connectivity index (χ3n) is 3.16. The van der Waals surface area contributed by atoms with Crippen LogP contribution in [0.1, 0.15) is 24.1 Å². The number of rotatable bonds is 7. The summed E-state index contributed by atoms with van der Waals surface area (Å²) in [5, 5.41) is 3.08. The Bertz CT molecular complexity index is 558. The van der Waals surface area contributed by atoms with Gasteiger partial charge in [-0.15, -0.1) is 6.42 Å². The summed E-state index contributed by atoms with van der Waals surface area (Å²) in [7, 11) is 1.69. The Labute approximate surface area is 125 Å². The average Bonchev–Trinajstić information content (AvgIpc) is 3.30. The molecule has 5 nitrogen and oxygen atoms in total. The third kappa shape index (κ3) is 5.36. The topological polar surface area (TPSA) is 57.6 Å². The van der Waals surface area contributed by atoms with Crippen molar-refractivity contribution in [1.29, 1.82) is 0 Å². The van der Waals surface area contributed by atoms with Gasteiger partial charge in [-0.25, -0.2) is 0 Å². The largest absolute Gasteiger partial charge is 0.334 e. The van der Waals surface area contributed by atoms with Crippen molar-refractivity contribution in [3.63, 3.8) is 0 Å². The van der Waals surface area contributed by atoms with Gasteiger partial charge in [-0.3, -0.25) is 14.8 Å². The van der Waals surface area contributed by atoms with Gasteiger partial charge >= 0.3 is 0 Å². The number of nitrogens with one attached hydrogen (secondary N) is 1. The summed E-state index contributed by atoms with van der Waals surface area (Å²) in [6, 6.07) is 4.43. The van der Waals surface area contributed by atoms with E-state index in [9.17, 15) is 4.79 Å². The second kappa shape index (κ2) is 7.55. The van der Waals surface area contributed by atoms with Crippen LogP contribution < -0.4 is 5.32 Å². The number of aliphatic imine (C=N–C) groups is 1. The fourth-order valence-electron chi connectivity index (χ4n) is 1.75. The smallest absolute Gasteiger partial charge is 0.237 e.